The third-order valence-electron chi connectivity index (χ3n) is 3.06. The van der Waals surface area contributed by atoms with Crippen LogP contribution in [0.4, 0.5) is 5.69 Å². The zero-order valence-corrected chi connectivity index (χ0v) is 13.3. The number of imidazole rings is 1. The van der Waals surface area contributed by atoms with Crippen molar-refractivity contribution >= 4 is 21.8 Å². The Balaban J connectivity index is 2.30. The van der Waals surface area contributed by atoms with Crippen molar-refractivity contribution in [1.29, 1.82) is 0 Å². The largest absolute Gasteiger partial charge is 0.392 e. The first-order valence-corrected chi connectivity index (χ1v) is 8.35. The van der Waals surface area contributed by atoms with E-state index in [0.717, 1.165) is 0 Å². The first-order chi connectivity index (χ1) is 10.4. The number of para-hydroxylation sites is 1. The van der Waals surface area contributed by atoms with Gasteiger partial charge >= 0.3 is 0 Å². The lowest BCUT2D eigenvalue weighted by Crippen LogP contribution is -2.14. The standard InChI is InChI=1S/C15H19N3O3S/c1-12(2)18-10-15(16-11-18)22(20,21)17-14-8-4-3-6-13(14)7-5-9-19/h3-8,10-12,17,19H,9H2,1-2H3/b7-5+. The van der Waals surface area contributed by atoms with E-state index in [0.29, 0.717) is 11.3 Å². The maximum atomic E-state index is 12.4. The summed E-state index contributed by atoms with van der Waals surface area (Å²) in [5, 5.41) is 8.82. The van der Waals surface area contributed by atoms with Gasteiger partial charge in [0.25, 0.3) is 10.0 Å². The molecular formula is C15H19N3O3S. The molecule has 1 aromatic carbocycles. The molecule has 0 radical (unpaired) electrons. The van der Waals surface area contributed by atoms with Crippen molar-refractivity contribution in [2.75, 3.05) is 11.3 Å². The van der Waals surface area contributed by atoms with Gasteiger partial charge in [0.1, 0.15) is 0 Å². The first kappa shape index (κ1) is 16.3. The molecule has 1 aromatic heterocycles. The Hall–Kier alpha value is -2.12. The van der Waals surface area contributed by atoms with E-state index in [9.17, 15) is 8.42 Å². The lowest BCUT2D eigenvalue weighted by atomic mass is 10.2. The van der Waals surface area contributed by atoms with Gasteiger partial charge in [-0.25, -0.2) is 4.98 Å². The molecular weight excluding hydrogens is 302 g/mol. The highest BCUT2D eigenvalue weighted by Gasteiger charge is 2.19. The van der Waals surface area contributed by atoms with Gasteiger partial charge in [-0.15, -0.1) is 0 Å². The van der Waals surface area contributed by atoms with Crippen LogP contribution in [-0.2, 0) is 10.0 Å². The van der Waals surface area contributed by atoms with Crippen LogP contribution < -0.4 is 4.72 Å². The van der Waals surface area contributed by atoms with Crippen LogP contribution >= 0.6 is 0 Å². The molecule has 0 saturated carbocycles. The van der Waals surface area contributed by atoms with Gasteiger partial charge in [0.05, 0.1) is 18.6 Å². The minimum Gasteiger partial charge on any atom is -0.392 e. The van der Waals surface area contributed by atoms with Crippen LogP contribution in [0.2, 0.25) is 0 Å². The molecule has 0 bridgehead atoms. The van der Waals surface area contributed by atoms with Gasteiger partial charge in [-0.05, 0) is 25.5 Å². The minimum atomic E-state index is -3.75. The molecule has 0 saturated heterocycles. The number of anilines is 1. The molecule has 0 fully saturated rings. The van der Waals surface area contributed by atoms with E-state index in [-0.39, 0.29) is 17.7 Å². The molecule has 2 N–H and O–H groups in total. The summed E-state index contributed by atoms with van der Waals surface area (Å²) in [6.45, 7) is 3.78. The number of benzene rings is 1. The predicted octanol–water partition coefficient (Wildman–Crippen LogP) is 2.27. The average molecular weight is 321 g/mol. The van der Waals surface area contributed by atoms with Crippen LogP contribution in [0.3, 0.4) is 0 Å². The van der Waals surface area contributed by atoms with Crippen molar-refractivity contribution < 1.29 is 13.5 Å². The van der Waals surface area contributed by atoms with E-state index in [4.69, 9.17) is 5.11 Å². The molecule has 2 aromatic rings. The van der Waals surface area contributed by atoms with Gasteiger partial charge in [0.2, 0.25) is 0 Å². The Morgan fingerprint density at radius 2 is 2.09 bits per heavy atom. The van der Waals surface area contributed by atoms with Crippen molar-refractivity contribution in [3.05, 3.63) is 48.4 Å². The summed E-state index contributed by atoms with van der Waals surface area (Å²) >= 11 is 0. The predicted molar refractivity (Wildman–Crippen MR) is 86.0 cm³/mol. The molecule has 6 nitrogen and oxygen atoms in total. The molecule has 0 atom stereocenters. The Kier molecular flexibility index (Phi) is 4.99. The normalized spacial score (nSPS) is 12.2. The van der Waals surface area contributed by atoms with Crippen LogP contribution in [0.15, 0.2) is 47.9 Å². The third kappa shape index (κ3) is 3.75. The van der Waals surface area contributed by atoms with Gasteiger partial charge in [-0.3, -0.25) is 4.72 Å². The molecule has 2 rings (SSSR count). The quantitative estimate of drug-likeness (QED) is 0.855. The fourth-order valence-corrected chi connectivity index (χ4v) is 2.88. The second kappa shape index (κ2) is 6.76. The van der Waals surface area contributed by atoms with Gasteiger partial charge in [-0.2, -0.15) is 8.42 Å². The number of rotatable bonds is 6. The molecule has 0 aliphatic carbocycles. The third-order valence-corrected chi connectivity index (χ3v) is 4.31. The Labute approximate surface area is 130 Å². The maximum Gasteiger partial charge on any atom is 0.280 e. The highest BCUT2D eigenvalue weighted by Crippen LogP contribution is 2.21. The molecule has 0 aliphatic rings. The fraction of sp³-hybridized carbons (Fsp3) is 0.267. The SMILES string of the molecule is CC(C)n1cnc(S(=O)(=O)Nc2ccccc2/C=C/CO)c1. The van der Waals surface area contributed by atoms with Crippen LogP contribution in [0, 0.1) is 0 Å². The van der Waals surface area contributed by atoms with Crippen LogP contribution in [-0.4, -0.2) is 29.7 Å². The second-order valence-corrected chi connectivity index (χ2v) is 6.66. The van der Waals surface area contributed by atoms with E-state index >= 15 is 0 Å². The average Bonchev–Trinajstić information content (AvgIpc) is 2.97. The number of nitrogens with zero attached hydrogens (tertiary/aromatic N) is 2. The number of hydrogen-bond acceptors (Lipinski definition) is 4. The minimum absolute atomic E-state index is 0.0258. The van der Waals surface area contributed by atoms with Crippen LogP contribution in [0.5, 0.6) is 0 Å². The monoisotopic (exact) mass is 321 g/mol. The lowest BCUT2D eigenvalue weighted by molar-refractivity contribution is 0.343. The number of hydrogen-bond donors (Lipinski definition) is 2. The number of aromatic nitrogens is 2. The van der Waals surface area contributed by atoms with E-state index in [2.05, 4.69) is 9.71 Å². The molecule has 0 unspecified atom stereocenters. The fourth-order valence-electron chi connectivity index (χ4n) is 1.85. The summed E-state index contributed by atoms with van der Waals surface area (Å²) in [6.07, 6.45) is 6.20. The highest BCUT2D eigenvalue weighted by atomic mass is 32.2. The summed E-state index contributed by atoms with van der Waals surface area (Å²) in [4.78, 5) is 3.95. The molecule has 0 aliphatic heterocycles. The summed E-state index contributed by atoms with van der Waals surface area (Å²) < 4.78 is 29.1. The zero-order valence-electron chi connectivity index (χ0n) is 12.5. The van der Waals surface area contributed by atoms with E-state index in [1.54, 1.807) is 41.0 Å². The summed E-state index contributed by atoms with van der Waals surface area (Å²) in [7, 11) is -3.75. The van der Waals surface area contributed by atoms with E-state index in [1.165, 1.54) is 12.5 Å². The van der Waals surface area contributed by atoms with Crippen molar-refractivity contribution in [3.63, 3.8) is 0 Å². The zero-order chi connectivity index (χ0) is 16.2. The smallest absolute Gasteiger partial charge is 0.280 e. The summed E-state index contributed by atoms with van der Waals surface area (Å²) in [6, 6.07) is 7.09. The van der Waals surface area contributed by atoms with Gasteiger partial charge in [0.15, 0.2) is 5.03 Å². The van der Waals surface area contributed by atoms with Crippen LogP contribution in [0.25, 0.3) is 6.08 Å². The maximum absolute atomic E-state index is 12.4. The van der Waals surface area contributed by atoms with Gasteiger partial charge in [0, 0.05) is 12.2 Å². The Bertz CT molecular complexity index is 764. The number of sulfonamides is 1. The van der Waals surface area contributed by atoms with Gasteiger partial charge in [-0.1, -0.05) is 30.4 Å². The summed E-state index contributed by atoms with van der Waals surface area (Å²) in [5.41, 5.74) is 1.11. The van der Waals surface area contributed by atoms with Crippen molar-refractivity contribution in [2.45, 2.75) is 24.9 Å². The summed E-state index contributed by atoms with van der Waals surface area (Å²) in [5.74, 6) is 0. The Morgan fingerprint density at radius 3 is 2.73 bits per heavy atom. The van der Waals surface area contributed by atoms with Crippen molar-refractivity contribution in [2.24, 2.45) is 0 Å². The molecule has 0 amide bonds. The number of aliphatic hydroxyl groups excluding tert-OH is 1. The highest BCUT2D eigenvalue weighted by molar-refractivity contribution is 7.92. The van der Waals surface area contributed by atoms with Crippen LogP contribution in [0.1, 0.15) is 25.5 Å². The van der Waals surface area contributed by atoms with Gasteiger partial charge < -0.3 is 9.67 Å². The second-order valence-electron chi connectivity index (χ2n) is 5.03. The lowest BCUT2D eigenvalue weighted by Gasteiger charge is -2.09. The first-order valence-electron chi connectivity index (χ1n) is 6.87. The van der Waals surface area contributed by atoms with Crippen molar-refractivity contribution in [3.8, 4) is 0 Å². The van der Waals surface area contributed by atoms with Crippen molar-refractivity contribution in [1.82, 2.24) is 9.55 Å². The topological polar surface area (TPSA) is 84.2 Å². The molecule has 7 heteroatoms. The molecule has 0 spiro atoms. The van der Waals surface area contributed by atoms with E-state index in [1.807, 2.05) is 13.8 Å². The molecule has 22 heavy (non-hydrogen) atoms. The molecule has 118 valence electrons. The Morgan fingerprint density at radius 1 is 1.36 bits per heavy atom. The number of nitrogens with one attached hydrogen (secondary N) is 1. The van der Waals surface area contributed by atoms with E-state index < -0.39 is 10.0 Å². The number of aliphatic hydroxyl groups is 1. The molecule has 1 heterocycles.